The van der Waals surface area contributed by atoms with Crippen LogP contribution in [0.25, 0.3) is 0 Å². The molecule has 104 valence electrons. The standard InChI is InChI=1S/C15H15ClN2OS/c1-9-3-6-14(19-2)13(7-9)18-10-4-5-11(15(17)20)12(16)8-10/h3-8,18H,1-2H3,(H2,17,20). The second-order valence-corrected chi connectivity index (χ2v) is 5.23. The lowest BCUT2D eigenvalue weighted by Gasteiger charge is -2.13. The van der Waals surface area contributed by atoms with Crippen molar-refractivity contribution in [1.82, 2.24) is 0 Å². The SMILES string of the molecule is COc1ccc(C)cc1Nc1ccc(C(N)=S)c(Cl)c1. The maximum Gasteiger partial charge on any atom is 0.142 e. The summed E-state index contributed by atoms with van der Waals surface area (Å²) >= 11 is 11.1. The van der Waals surface area contributed by atoms with Gasteiger partial charge in [0.05, 0.1) is 17.8 Å². The molecule has 2 aromatic carbocycles. The molecule has 2 aromatic rings. The molecule has 0 amide bonds. The molecule has 0 spiro atoms. The highest BCUT2D eigenvalue weighted by molar-refractivity contribution is 7.80. The fraction of sp³-hybridized carbons (Fsp3) is 0.133. The zero-order valence-corrected chi connectivity index (χ0v) is 12.8. The van der Waals surface area contributed by atoms with E-state index in [9.17, 15) is 0 Å². The Morgan fingerprint density at radius 2 is 2.00 bits per heavy atom. The first kappa shape index (κ1) is 14.6. The largest absolute Gasteiger partial charge is 0.495 e. The molecule has 0 atom stereocenters. The van der Waals surface area contributed by atoms with Crippen LogP contribution in [-0.4, -0.2) is 12.1 Å². The van der Waals surface area contributed by atoms with Crippen molar-refractivity contribution in [3.63, 3.8) is 0 Å². The summed E-state index contributed by atoms with van der Waals surface area (Å²) in [6.45, 7) is 2.02. The lowest BCUT2D eigenvalue weighted by atomic mass is 10.1. The molecular formula is C15H15ClN2OS. The number of nitrogens with one attached hydrogen (secondary N) is 1. The smallest absolute Gasteiger partial charge is 0.142 e. The molecule has 0 saturated carbocycles. The maximum atomic E-state index is 6.16. The van der Waals surface area contributed by atoms with E-state index in [1.807, 2.05) is 31.2 Å². The minimum Gasteiger partial charge on any atom is -0.495 e. The number of anilines is 2. The number of rotatable bonds is 4. The number of hydrogen-bond donors (Lipinski definition) is 2. The zero-order valence-electron chi connectivity index (χ0n) is 11.2. The van der Waals surface area contributed by atoms with Crippen LogP contribution in [0.4, 0.5) is 11.4 Å². The summed E-state index contributed by atoms with van der Waals surface area (Å²) in [5.74, 6) is 0.769. The summed E-state index contributed by atoms with van der Waals surface area (Å²) in [4.78, 5) is 0.287. The number of benzene rings is 2. The Morgan fingerprint density at radius 3 is 2.60 bits per heavy atom. The highest BCUT2D eigenvalue weighted by Gasteiger charge is 2.07. The van der Waals surface area contributed by atoms with Crippen LogP contribution in [0, 0.1) is 6.92 Å². The fourth-order valence-corrected chi connectivity index (χ4v) is 2.38. The summed E-state index contributed by atoms with van der Waals surface area (Å²) in [7, 11) is 1.64. The first-order valence-corrected chi connectivity index (χ1v) is 6.81. The van der Waals surface area contributed by atoms with Gasteiger partial charge in [-0.15, -0.1) is 0 Å². The third kappa shape index (κ3) is 3.21. The zero-order chi connectivity index (χ0) is 14.7. The van der Waals surface area contributed by atoms with Crippen molar-refractivity contribution in [1.29, 1.82) is 0 Å². The average molecular weight is 307 g/mol. The van der Waals surface area contributed by atoms with E-state index < -0.39 is 0 Å². The molecule has 2 rings (SSSR count). The summed E-state index contributed by atoms with van der Waals surface area (Å²) in [6, 6.07) is 11.4. The molecule has 0 radical (unpaired) electrons. The van der Waals surface area contributed by atoms with E-state index in [-0.39, 0.29) is 4.99 Å². The van der Waals surface area contributed by atoms with E-state index in [0.29, 0.717) is 10.6 Å². The van der Waals surface area contributed by atoms with Crippen LogP contribution in [0.2, 0.25) is 5.02 Å². The van der Waals surface area contributed by atoms with E-state index in [0.717, 1.165) is 22.7 Å². The maximum absolute atomic E-state index is 6.16. The van der Waals surface area contributed by atoms with Gasteiger partial charge in [0.25, 0.3) is 0 Å². The van der Waals surface area contributed by atoms with Gasteiger partial charge in [-0.25, -0.2) is 0 Å². The van der Waals surface area contributed by atoms with Crippen molar-refractivity contribution in [2.45, 2.75) is 6.92 Å². The van der Waals surface area contributed by atoms with E-state index in [4.69, 9.17) is 34.3 Å². The molecule has 5 heteroatoms. The van der Waals surface area contributed by atoms with Crippen molar-refractivity contribution in [2.24, 2.45) is 5.73 Å². The van der Waals surface area contributed by atoms with E-state index in [1.54, 1.807) is 19.2 Å². The molecule has 0 unspecified atom stereocenters. The van der Waals surface area contributed by atoms with Gasteiger partial charge >= 0.3 is 0 Å². The van der Waals surface area contributed by atoms with Gasteiger partial charge in [0, 0.05) is 11.3 Å². The van der Waals surface area contributed by atoms with Crippen molar-refractivity contribution in [3.8, 4) is 5.75 Å². The minimum atomic E-state index is 0.287. The van der Waals surface area contributed by atoms with Gasteiger partial charge in [-0.2, -0.15) is 0 Å². The molecule has 0 bridgehead atoms. The van der Waals surface area contributed by atoms with E-state index in [2.05, 4.69) is 5.32 Å². The average Bonchev–Trinajstić information content (AvgIpc) is 2.38. The number of aryl methyl sites for hydroxylation is 1. The number of halogens is 1. The summed E-state index contributed by atoms with van der Waals surface area (Å²) in [6.07, 6.45) is 0. The van der Waals surface area contributed by atoms with Crippen LogP contribution in [-0.2, 0) is 0 Å². The Morgan fingerprint density at radius 1 is 1.25 bits per heavy atom. The molecule has 0 aromatic heterocycles. The third-order valence-electron chi connectivity index (χ3n) is 2.87. The van der Waals surface area contributed by atoms with E-state index >= 15 is 0 Å². The number of ether oxygens (including phenoxy) is 1. The highest BCUT2D eigenvalue weighted by Crippen LogP contribution is 2.30. The molecule has 0 aliphatic carbocycles. The van der Waals surface area contributed by atoms with Crippen molar-refractivity contribution < 1.29 is 4.74 Å². The number of methoxy groups -OCH3 is 1. The van der Waals surface area contributed by atoms with Gasteiger partial charge in [0.2, 0.25) is 0 Å². The molecule has 3 N–H and O–H groups in total. The van der Waals surface area contributed by atoms with Gasteiger partial charge in [-0.3, -0.25) is 0 Å². The summed E-state index contributed by atoms with van der Waals surface area (Å²) in [5.41, 5.74) is 9.12. The fourth-order valence-electron chi connectivity index (χ4n) is 1.87. The van der Waals surface area contributed by atoms with Gasteiger partial charge < -0.3 is 15.8 Å². The molecule has 0 saturated heterocycles. The van der Waals surface area contributed by atoms with Crippen LogP contribution in [0.1, 0.15) is 11.1 Å². The Kier molecular flexibility index (Phi) is 4.47. The van der Waals surface area contributed by atoms with Crippen LogP contribution in [0.15, 0.2) is 36.4 Å². The second kappa shape index (κ2) is 6.11. The van der Waals surface area contributed by atoms with Crippen molar-refractivity contribution in [2.75, 3.05) is 12.4 Å². The Bertz CT molecular complexity index is 658. The Labute approximate surface area is 128 Å². The van der Waals surface area contributed by atoms with Crippen molar-refractivity contribution in [3.05, 3.63) is 52.5 Å². The normalized spacial score (nSPS) is 10.2. The van der Waals surface area contributed by atoms with Crippen LogP contribution < -0.4 is 15.8 Å². The van der Waals surface area contributed by atoms with Crippen LogP contribution in [0.3, 0.4) is 0 Å². The predicted molar refractivity (Wildman–Crippen MR) is 88.4 cm³/mol. The minimum absolute atomic E-state index is 0.287. The molecule has 3 nitrogen and oxygen atoms in total. The quantitative estimate of drug-likeness (QED) is 0.837. The third-order valence-corrected chi connectivity index (χ3v) is 3.40. The highest BCUT2D eigenvalue weighted by atomic mass is 35.5. The second-order valence-electron chi connectivity index (χ2n) is 4.39. The molecule has 20 heavy (non-hydrogen) atoms. The first-order valence-electron chi connectivity index (χ1n) is 6.02. The molecule has 0 aliphatic heterocycles. The number of thiocarbonyl (C=S) groups is 1. The number of hydrogen-bond acceptors (Lipinski definition) is 3. The monoisotopic (exact) mass is 306 g/mol. The van der Waals surface area contributed by atoms with Crippen molar-refractivity contribution >= 4 is 40.2 Å². The van der Waals surface area contributed by atoms with Gasteiger partial charge in [-0.05, 0) is 42.8 Å². The predicted octanol–water partition coefficient (Wildman–Crippen LogP) is 4.03. The lowest BCUT2D eigenvalue weighted by molar-refractivity contribution is 0.416. The Balaban J connectivity index is 2.33. The summed E-state index contributed by atoms with van der Waals surface area (Å²) < 4.78 is 5.33. The molecule has 0 fully saturated rings. The molecular weight excluding hydrogens is 292 g/mol. The Hall–Kier alpha value is -1.78. The van der Waals surface area contributed by atoms with Crippen LogP contribution in [0.5, 0.6) is 5.75 Å². The van der Waals surface area contributed by atoms with Gasteiger partial charge in [-0.1, -0.05) is 29.9 Å². The molecule has 0 heterocycles. The lowest BCUT2D eigenvalue weighted by Crippen LogP contribution is -2.10. The topological polar surface area (TPSA) is 47.3 Å². The van der Waals surface area contributed by atoms with Gasteiger partial charge in [0.15, 0.2) is 0 Å². The number of nitrogens with two attached hydrogens (primary N) is 1. The van der Waals surface area contributed by atoms with Gasteiger partial charge in [0.1, 0.15) is 10.7 Å². The summed E-state index contributed by atoms with van der Waals surface area (Å²) in [5, 5.41) is 3.80. The molecule has 0 aliphatic rings. The van der Waals surface area contributed by atoms with E-state index in [1.165, 1.54) is 0 Å². The van der Waals surface area contributed by atoms with Crippen LogP contribution >= 0.6 is 23.8 Å². The first-order chi connectivity index (χ1) is 9.51.